The number of nitrogens with zero attached hydrogens (tertiary/aromatic N) is 2. The summed E-state index contributed by atoms with van der Waals surface area (Å²) in [5, 5.41) is 11.1. The summed E-state index contributed by atoms with van der Waals surface area (Å²) in [7, 11) is 0. The largest absolute Gasteiger partial charge is 0.479 e. The van der Waals surface area contributed by atoms with Gasteiger partial charge < -0.3 is 15.0 Å². The van der Waals surface area contributed by atoms with Gasteiger partial charge >= 0.3 is 0 Å². The zero-order valence-corrected chi connectivity index (χ0v) is 13.5. The first kappa shape index (κ1) is 17.5. The summed E-state index contributed by atoms with van der Waals surface area (Å²) in [6.45, 7) is 1.60. The quantitative estimate of drug-likeness (QED) is 0.807. The number of benzene rings is 1. The van der Waals surface area contributed by atoms with E-state index in [1.807, 2.05) is 6.07 Å². The first-order chi connectivity index (χ1) is 11.7. The normalized spacial score (nSPS) is 14.2. The molecule has 6 heteroatoms. The van der Waals surface area contributed by atoms with Gasteiger partial charge in [-0.1, -0.05) is 12.1 Å². The maximum atomic E-state index is 12.0. The van der Waals surface area contributed by atoms with Crippen molar-refractivity contribution in [3.63, 3.8) is 0 Å². The highest BCUT2D eigenvalue weighted by molar-refractivity contribution is 5.94. The minimum atomic E-state index is -0.301. The van der Waals surface area contributed by atoms with Crippen LogP contribution in [0.2, 0.25) is 0 Å². The fourth-order valence-corrected chi connectivity index (χ4v) is 2.44. The van der Waals surface area contributed by atoms with Crippen LogP contribution in [0.25, 0.3) is 6.08 Å². The predicted octanol–water partition coefficient (Wildman–Crippen LogP) is 1.73. The third-order valence-corrected chi connectivity index (χ3v) is 3.73. The Labute approximate surface area is 141 Å². The topological polar surface area (TPSA) is 82.4 Å². The fourth-order valence-electron chi connectivity index (χ4n) is 2.44. The number of likely N-dealkylation sites (tertiary alicyclic amines) is 1. The van der Waals surface area contributed by atoms with Crippen LogP contribution in [0.5, 0.6) is 5.75 Å². The zero-order chi connectivity index (χ0) is 17.2. The number of rotatable bonds is 6. The minimum Gasteiger partial charge on any atom is -0.479 e. The highest BCUT2D eigenvalue weighted by atomic mass is 16.5. The number of piperidine rings is 1. The fraction of sp³-hybridized carbons (Fsp3) is 0.389. The Morgan fingerprint density at radius 2 is 1.92 bits per heavy atom. The van der Waals surface area contributed by atoms with Gasteiger partial charge in [0, 0.05) is 19.2 Å². The number of nitriles is 1. The first-order valence-electron chi connectivity index (χ1n) is 8.02. The molecule has 2 amide bonds. The number of amides is 2. The van der Waals surface area contributed by atoms with Crippen LogP contribution in [0.3, 0.4) is 0 Å². The number of ether oxygens (including phenoxy) is 1. The molecule has 1 aromatic rings. The molecule has 2 rings (SSSR count). The smallest absolute Gasteiger partial charge is 0.244 e. The third-order valence-electron chi connectivity index (χ3n) is 3.73. The lowest BCUT2D eigenvalue weighted by Gasteiger charge is -2.26. The molecule has 0 spiro atoms. The second-order valence-electron chi connectivity index (χ2n) is 5.51. The number of hydrogen-bond acceptors (Lipinski definition) is 4. The molecule has 0 aromatic heterocycles. The van der Waals surface area contributed by atoms with Crippen molar-refractivity contribution in [2.45, 2.75) is 19.3 Å². The number of nitrogens with one attached hydrogen (secondary N) is 1. The molecule has 1 aromatic carbocycles. The van der Waals surface area contributed by atoms with Gasteiger partial charge in [0.2, 0.25) is 11.8 Å². The van der Waals surface area contributed by atoms with Crippen LogP contribution in [0.15, 0.2) is 30.3 Å². The Morgan fingerprint density at radius 3 is 2.58 bits per heavy atom. The molecule has 0 bridgehead atoms. The number of hydrogen-bond donors (Lipinski definition) is 1. The van der Waals surface area contributed by atoms with Crippen LogP contribution >= 0.6 is 0 Å². The van der Waals surface area contributed by atoms with Gasteiger partial charge in [0.1, 0.15) is 11.8 Å². The number of carbonyl (C=O) groups excluding carboxylic acids is 2. The summed E-state index contributed by atoms with van der Waals surface area (Å²) >= 11 is 0. The maximum absolute atomic E-state index is 12.0. The van der Waals surface area contributed by atoms with E-state index >= 15 is 0 Å². The lowest BCUT2D eigenvalue weighted by atomic mass is 10.1. The molecule has 1 fully saturated rings. The molecule has 0 aliphatic carbocycles. The molecule has 0 atom stereocenters. The van der Waals surface area contributed by atoms with E-state index in [-0.39, 0.29) is 25.0 Å². The third kappa shape index (κ3) is 5.76. The standard InChI is InChI=1S/C18H21N3O3/c19-10-13-24-16-7-4-15(5-8-16)6-9-17(22)20-14-18(23)21-11-2-1-3-12-21/h4-9H,1-3,11-14H2,(H,20,22)/b9-6-. The van der Waals surface area contributed by atoms with Crippen LogP contribution in [-0.4, -0.2) is 43.0 Å². The summed E-state index contributed by atoms with van der Waals surface area (Å²) in [5.74, 6) is 0.269. The van der Waals surface area contributed by atoms with E-state index < -0.39 is 0 Å². The molecular weight excluding hydrogens is 306 g/mol. The molecule has 1 saturated heterocycles. The summed E-state index contributed by atoms with van der Waals surface area (Å²) in [6, 6.07) is 8.93. The van der Waals surface area contributed by atoms with Gasteiger partial charge in [0.15, 0.2) is 6.61 Å². The van der Waals surface area contributed by atoms with Crippen molar-refractivity contribution in [3.05, 3.63) is 35.9 Å². The van der Waals surface area contributed by atoms with Crippen LogP contribution < -0.4 is 10.1 Å². The molecule has 126 valence electrons. The highest BCUT2D eigenvalue weighted by Crippen LogP contribution is 2.13. The van der Waals surface area contributed by atoms with E-state index in [0.29, 0.717) is 5.75 Å². The second-order valence-corrected chi connectivity index (χ2v) is 5.51. The van der Waals surface area contributed by atoms with Crippen molar-refractivity contribution in [1.82, 2.24) is 10.2 Å². The summed E-state index contributed by atoms with van der Waals surface area (Å²) in [5.41, 5.74) is 0.830. The maximum Gasteiger partial charge on any atom is 0.244 e. The van der Waals surface area contributed by atoms with E-state index in [1.165, 1.54) is 12.5 Å². The molecular formula is C18H21N3O3. The minimum absolute atomic E-state index is 0.00262. The van der Waals surface area contributed by atoms with Gasteiger partial charge in [0.25, 0.3) is 0 Å². The monoisotopic (exact) mass is 327 g/mol. The highest BCUT2D eigenvalue weighted by Gasteiger charge is 2.16. The summed E-state index contributed by atoms with van der Waals surface area (Å²) in [4.78, 5) is 25.5. The predicted molar refractivity (Wildman–Crippen MR) is 90.0 cm³/mol. The molecule has 1 aliphatic heterocycles. The van der Waals surface area contributed by atoms with Crippen molar-refractivity contribution in [2.75, 3.05) is 26.2 Å². The molecule has 24 heavy (non-hydrogen) atoms. The number of carbonyl (C=O) groups is 2. The Balaban J connectivity index is 1.75. The Morgan fingerprint density at radius 1 is 1.21 bits per heavy atom. The molecule has 1 N–H and O–H groups in total. The van der Waals surface area contributed by atoms with Gasteiger partial charge in [-0.15, -0.1) is 0 Å². The summed E-state index contributed by atoms with van der Waals surface area (Å²) in [6.07, 6.45) is 6.30. The average Bonchev–Trinajstić information content (AvgIpc) is 2.64. The van der Waals surface area contributed by atoms with Crippen LogP contribution in [-0.2, 0) is 9.59 Å². The lowest BCUT2D eigenvalue weighted by molar-refractivity contribution is -0.132. The Kier molecular flexibility index (Phi) is 6.84. The van der Waals surface area contributed by atoms with E-state index in [9.17, 15) is 9.59 Å². The molecule has 6 nitrogen and oxygen atoms in total. The van der Waals surface area contributed by atoms with Gasteiger partial charge in [-0.05, 0) is 43.0 Å². The van der Waals surface area contributed by atoms with Gasteiger partial charge in [-0.2, -0.15) is 5.26 Å². The van der Waals surface area contributed by atoms with Gasteiger partial charge in [-0.3, -0.25) is 9.59 Å². The average molecular weight is 327 g/mol. The SMILES string of the molecule is N#CCOc1ccc(/C=C\C(=O)NCC(=O)N2CCCCC2)cc1. The molecule has 0 saturated carbocycles. The summed E-state index contributed by atoms with van der Waals surface area (Å²) < 4.78 is 5.15. The van der Waals surface area contributed by atoms with Gasteiger partial charge in [-0.25, -0.2) is 0 Å². The first-order valence-corrected chi connectivity index (χ1v) is 8.02. The van der Waals surface area contributed by atoms with Crippen molar-refractivity contribution in [2.24, 2.45) is 0 Å². The molecule has 0 radical (unpaired) electrons. The Bertz CT molecular complexity index is 626. The lowest BCUT2D eigenvalue weighted by Crippen LogP contribution is -2.42. The van der Waals surface area contributed by atoms with Crippen LogP contribution in [0.4, 0.5) is 0 Å². The van der Waals surface area contributed by atoms with Crippen LogP contribution in [0, 0.1) is 11.3 Å². The molecule has 1 heterocycles. The van der Waals surface area contributed by atoms with Crippen molar-refractivity contribution in [1.29, 1.82) is 5.26 Å². The van der Waals surface area contributed by atoms with E-state index in [1.54, 1.807) is 35.2 Å². The van der Waals surface area contributed by atoms with E-state index in [2.05, 4.69) is 5.32 Å². The van der Waals surface area contributed by atoms with Gasteiger partial charge in [0.05, 0.1) is 6.54 Å². The molecule has 0 unspecified atom stereocenters. The Hall–Kier alpha value is -2.81. The van der Waals surface area contributed by atoms with Crippen molar-refractivity contribution >= 4 is 17.9 Å². The van der Waals surface area contributed by atoms with Crippen LogP contribution in [0.1, 0.15) is 24.8 Å². The second kappa shape index (κ2) is 9.36. The zero-order valence-electron chi connectivity index (χ0n) is 13.5. The van der Waals surface area contributed by atoms with Crippen molar-refractivity contribution < 1.29 is 14.3 Å². The van der Waals surface area contributed by atoms with Crippen molar-refractivity contribution in [3.8, 4) is 11.8 Å². The van der Waals surface area contributed by atoms with E-state index in [0.717, 1.165) is 31.5 Å². The molecule has 1 aliphatic rings. The van der Waals surface area contributed by atoms with E-state index in [4.69, 9.17) is 10.00 Å².